The Bertz CT molecular complexity index is 1760. The number of anilines is 2. The number of nitrogens with two attached hydrogens (primary N) is 1. The highest BCUT2D eigenvalue weighted by Crippen LogP contribution is 2.39. The highest BCUT2D eigenvalue weighted by atomic mass is 35.5. The van der Waals surface area contributed by atoms with E-state index in [0.717, 1.165) is 48.0 Å². The van der Waals surface area contributed by atoms with Gasteiger partial charge in [0, 0.05) is 55.3 Å². The first-order valence-corrected chi connectivity index (χ1v) is 16.5. The lowest BCUT2D eigenvalue weighted by Gasteiger charge is -2.35. The minimum Gasteiger partial charge on any atom is -0.444 e. The second-order valence-electron chi connectivity index (χ2n) is 13.8. The largest absolute Gasteiger partial charge is 0.444 e. The Kier molecular flexibility index (Phi) is 9.99. The Morgan fingerprint density at radius 1 is 1.21 bits per heavy atom. The van der Waals surface area contributed by atoms with E-state index < -0.39 is 29.2 Å². The number of amides is 2. The molecule has 2 amide bonds. The second kappa shape index (κ2) is 13.7. The van der Waals surface area contributed by atoms with Crippen molar-refractivity contribution in [1.82, 2.24) is 29.7 Å². The fourth-order valence-corrected chi connectivity index (χ4v) is 6.15. The molecule has 1 saturated heterocycles. The molecular weight excluding hydrogens is 622 g/mol. The summed E-state index contributed by atoms with van der Waals surface area (Å²) < 4.78 is 14.8. The van der Waals surface area contributed by atoms with Gasteiger partial charge in [0.1, 0.15) is 16.7 Å². The highest BCUT2D eigenvalue weighted by molar-refractivity contribution is 6.36. The summed E-state index contributed by atoms with van der Waals surface area (Å²) in [6.45, 7) is 16.0. The number of halogens is 1. The van der Waals surface area contributed by atoms with Crippen molar-refractivity contribution in [2.75, 3.05) is 29.9 Å². The van der Waals surface area contributed by atoms with E-state index in [9.17, 15) is 9.59 Å². The van der Waals surface area contributed by atoms with Gasteiger partial charge in [-0.2, -0.15) is 5.10 Å². The molecule has 4 N–H and O–H groups in total. The summed E-state index contributed by atoms with van der Waals surface area (Å²) in [6, 6.07) is 3.05. The van der Waals surface area contributed by atoms with Crippen LogP contribution in [0.25, 0.3) is 16.6 Å². The number of rotatable bonds is 10. The van der Waals surface area contributed by atoms with Crippen LogP contribution in [0.5, 0.6) is 0 Å². The number of nitrogens with zero attached hydrogens (tertiary/aromatic N) is 6. The summed E-state index contributed by atoms with van der Waals surface area (Å²) >= 11 is 6.94. The molecule has 1 aromatic carbocycles. The van der Waals surface area contributed by atoms with Gasteiger partial charge in [0.15, 0.2) is 11.5 Å². The van der Waals surface area contributed by atoms with Crippen LogP contribution in [0, 0.1) is 0 Å². The molecule has 4 heterocycles. The Morgan fingerprint density at radius 3 is 2.68 bits per heavy atom. The Hall–Kier alpha value is -3.94. The average Bonchev–Trinajstić information content (AvgIpc) is 3.55. The van der Waals surface area contributed by atoms with Crippen molar-refractivity contribution < 1.29 is 19.1 Å². The van der Waals surface area contributed by atoms with E-state index in [1.807, 2.05) is 37.7 Å². The van der Waals surface area contributed by atoms with E-state index in [0.29, 0.717) is 24.7 Å². The number of piperidine rings is 1. The Balaban J connectivity index is 1.53. The predicted molar refractivity (Wildman–Crippen MR) is 183 cm³/mol. The van der Waals surface area contributed by atoms with Crippen LogP contribution < -0.4 is 21.3 Å². The van der Waals surface area contributed by atoms with Gasteiger partial charge in [-0.3, -0.25) is 14.8 Å². The number of fused-ring (bicyclic) bond motifs is 2. The summed E-state index contributed by atoms with van der Waals surface area (Å²) in [5.74, 6) is -0.444. The van der Waals surface area contributed by atoms with Gasteiger partial charge < -0.3 is 25.4 Å². The van der Waals surface area contributed by atoms with E-state index in [2.05, 4.69) is 32.5 Å². The van der Waals surface area contributed by atoms with Crippen molar-refractivity contribution in [3.8, 4) is 0 Å². The van der Waals surface area contributed by atoms with Crippen molar-refractivity contribution in [3.05, 3.63) is 46.9 Å². The van der Waals surface area contributed by atoms with Crippen LogP contribution in [-0.2, 0) is 16.0 Å². The molecule has 47 heavy (non-hydrogen) atoms. The molecule has 1 unspecified atom stereocenters. The zero-order valence-corrected chi connectivity index (χ0v) is 29.0. The van der Waals surface area contributed by atoms with Crippen LogP contribution in [0.3, 0.4) is 0 Å². The van der Waals surface area contributed by atoms with Crippen LogP contribution in [0.2, 0.25) is 5.02 Å². The molecule has 1 aliphatic heterocycles. The van der Waals surface area contributed by atoms with E-state index >= 15 is 0 Å². The molecule has 3 aromatic heterocycles. The third-order valence-corrected chi connectivity index (χ3v) is 8.18. The third kappa shape index (κ3) is 7.96. The maximum atomic E-state index is 14.0. The molecule has 0 radical (unpaired) electrons. The average molecular weight is 668 g/mol. The molecule has 4 aromatic rings. The van der Waals surface area contributed by atoms with Crippen molar-refractivity contribution in [3.63, 3.8) is 0 Å². The molecule has 1 aliphatic rings. The molecule has 2 atom stereocenters. The summed E-state index contributed by atoms with van der Waals surface area (Å²) in [4.78, 5) is 33.3. The third-order valence-electron chi connectivity index (χ3n) is 7.87. The summed E-state index contributed by atoms with van der Waals surface area (Å²) in [7, 11) is 0. The predicted octanol–water partition coefficient (Wildman–Crippen LogP) is 5.70. The number of carbonyl (C=O) groups is 2. The SMILES string of the molecule is CCCOC(C)(C)Cn1cc2c(Cl)cc(C(C)NC(=O)c3c(NC(=O)OC(C)(C)C)nn4cccnc34)c(N3CCC[C@H](N)C3)c2n1. The lowest BCUT2D eigenvalue weighted by Crippen LogP contribution is -2.43. The van der Waals surface area contributed by atoms with Gasteiger partial charge >= 0.3 is 6.09 Å². The molecule has 0 bridgehead atoms. The number of ether oxygens (including phenoxy) is 2. The zero-order chi connectivity index (χ0) is 34.1. The molecule has 1 fully saturated rings. The first kappa shape index (κ1) is 34.4. The van der Waals surface area contributed by atoms with Gasteiger partial charge in [-0.1, -0.05) is 18.5 Å². The molecule has 14 heteroatoms. The van der Waals surface area contributed by atoms with Crippen molar-refractivity contribution >= 4 is 51.7 Å². The molecule has 254 valence electrons. The van der Waals surface area contributed by atoms with Crippen LogP contribution in [0.4, 0.5) is 16.3 Å². The van der Waals surface area contributed by atoms with Gasteiger partial charge in [-0.15, -0.1) is 5.10 Å². The Labute approximate surface area is 280 Å². The summed E-state index contributed by atoms with van der Waals surface area (Å²) in [5.41, 5.74) is 8.07. The molecule has 0 spiro atoms. The number of nitrogens with one attached hydrogen (secondary N) is 2. The minimum absolute atomic E-state index is 0.00188. The van der Waals surface area contributed by atoms with Gasteiger partial charge in [-0.05, 0) is 72.9 Å². The van der Waals surface area contributed by atoms with E-state index in [1.54, 1.807) is 39.2 Å². The first-order chi connectivity index (χ1) is 22.2. The quantitative estimate of drug-likeness (QED) is 0.193. The van der Waals surface area contributed by atoms with Gasteiger partial charge in [0.25, 0.3) is 5.91 Å². The number of aromatic nitrogens is 5. The molecule has 13 nitrogen and oxygen atoms in total. The molecule has 0 saturated carbocycles. The lowest BCUT2D eigenvalue weighted by atomic mass is 9.99. The van der Waals surface area contributed by atoms with Crippen molar-refractivity contribution in [2.45, 2.75) is 97.6 Å². The standard InChI is InChI=1S/C33H46ClN9O4/c1-8-15-46-33(6,7)19-42-18-23-24(34)16-22(27(26(23)39-42)41-13-9-11-21(35)17-41)20(2)37-30(44)25-28(38-31(45)47-32(3,4)5)40-43-14-10-12-36-29(25)43/h10,12,14,16,18,20-21H,8-9,11,13,15,17,19,35H2,1-7H3,(H,37,44)(H,38,40,45)/t20?,21-/m0/s1. The van der Waals surface area contributed by atoms with Crippen molar-refractivity contribution in [1.29, 1.82) is 0 Å². The van der Waals surface area contributed by atoms with Gasteiger partial charge in [-0.25, -0.2) is 14.3 Å². The van der Waals surface area contributed by atoms with Crippen LogP contribution in [0.15, 0.2) is 30.7 Å². The van der Waals surface area contributed by atoms with Crippen LogP contribution >= 0.6 is 11.6 Å². The number of hydrogen-bond donors (Lipinski definition) is 3. The lowest BCUT2D eigenvalue weighted by molar-refractivity contribution is -0.0311. The molecule has 5 rings (SSSR count). The zero-order valence-electron chi connectivity index (χ0n) is 28.3. The van der Waals surface area contributed by atoms with Gasteiger partial charge in [0.2, 0.25) is 0 Å². The first-order valence-electron chi connectivity index (χ1n) is 16.1. The van der Waals surface area contributed by atoms with Crippen molar-refractivity contribution in [2.24, 2.45) is 5.73 Å². The number of hydrogen-bond acceptors (Lipinski definition) is 9. The van der Waals surface area contributed by atoms with E-state index in [4.69, 9.17) is 31.9 Å². The maximum Gasteiger partial charge on any atom is 0.413 e. The van der Waals surface area contributed by atoms with Crippen LogP contribution in [0.1, 0.15) is 89.7 Å². The summed E-state index contributed by atoms with van der Waals surface area (Å²) in [5, 5.41) is 16.5. The van der Waals surface area contributed by atoms with E-state index in [-0.39, 0.29) is 23.1 Å². The fourth-order valence-electron chi connectivity index (χ4n) is 5.89. The fraction of sp³-hybridized carbons (Fsp3) is 0.545. The Morgan fingerprint density at radius 2 is 1.98 bits per heavy atom. The molecule has 0 aliphatic carbocycles. The summed E-state index contributed by atoms with van der Waals surface area (Å²) in [6.07, 6.45) is 7.22. The smallest absolute Gasteiger partial charge is 0.413 e. The topological polar surface area (TPSA) is 154 Å². The maximum absolute atomic E-state index is 14.0. The highest BCUT2D eigenvalue weighted by Gasteiger charge is 2.30. The van der Waals surface area contributed by atoms with E-state index in [1.165, 1.54) is 4.52 Å². The normalized spacial score (nSPS) is 16.4. The van der Waals surface area contributed by atoms with Crippen LogP contribution in [-0.4, -0.2) is 73.3 Å². The molecular formula is C33H46ClN9O4. The monoisotopic (exact) mass is 667 g/mol. The number of carbonyl (C=O) groups excluding carboxylic acids is 2. The number of benzene rings is 1. The van der Waals surface area contributed by atoms with Gasteiger partial charge in [0.05, 0.1) is 28.9 Å². The second-order valence-corrected chi connectivity index (χ2v) is 14.2. The minimum atomic E-state index is -0.741.